The molecule has 1 aromatic carbocycles. The molecule has 0 atom stereocenters. The van der Waals surface area contributed by atoms with E-state index in [1.54, 1.807) is 6.92 Å². The molecule has 0 spiro atoms. The molecule has 2 nitrogen and oxygen atoms in total. The first-order valence-electron chi connectivity index (χ1n) is 5.67. The quantitative estimate of drug-likeness (QED) is 0.718. The Hall–Kier alpha value is -1.57. The van der Waals surface area contributed by atoms with Crippen molar-refractivity contribution in [1.29, 1.82) is 0 Å². The van der Waals surface area contributed by atoms with Crippen LogP contribution in [0, 0.1) is 13.0 Å². The van der Waals surface area contributed by atoms with Crippen LogP contribution in [0.4, 0.5) is 0 Å². The molecule has 0 saturated carbocycles. The number of aromatic nitrogens is 1. The van der Waals surface area contributed by atoms with E-state index >= 15 is 0 Å². The lowest BCUT2D eigenvalue weighted by molar-refractivity contribution is 0.101. The van der Waals surface area contributed by atoms with E-state index in [9.17, 15) is 4.79 Å². The molecular formula is C14H16NO. The first-order chi connectivity index (χ1) is 7.66. The van der Waals surface area contributed by atoms with Gasteiger partial charge in [-0.25, -0.2) is 0 Å². The predicted molar refractivity (Wildman–Crippen MR) is 65.8 cm³/mol. The number of Topliss-reactive ketones (excluding diaryl/α,β-unsaturated/α-hetero) is 1. The first-order valence-corrected chi connectivity index (χ1v) is 5.67. The molecular weight excluding hydrogens is 198 g/mol. The van der Waals surface area contributed by atoms with Gasteiger partial charge in [0.25, 0.3) is 0 Å². The van der Waals surface area contributed by atoms with Crippen molar-refractivity contribution in [3.8, 4) is 0 Å². The molecule has 1 radical (unpaired) electrons. The van der Waals surface area contributed by atoms with Crippen LogP contribution in [0.25, 0.3) is 10.9 Å². The van der Waals surface area contributed by atoms with Crippen LogP contribution >= 0.6 is 0 Å². The summed E-state index contributed by atoms with van der Waals surface area (Å²) in [6.45, 7) is 6.73. The van der Waals surface area contributed by atoms with Gasteiger partial charge in [-0.15, -0.1) is 0 Å². The van der Waals surface area contributed by atoms with Crippen molar-refractivity contribution < 1.29 is 4.79 Å². The Bertz CT molecular complexity index is 537. The smallest absolute Gasteiger partial charge is 0.162 e. The Morgan fingerprint density at radius 1 is 1.50 bits per heavy atom. The van der Waals surface area contributed by atoms with Gasteiger partial charge in [0, 0.05) is 28.7 Å². The zero-order valence-corrected chi connectivity index (χ0v) is 10.0. The average Bonchev–Trinajstić information content (AvgIpc) is 2.53. The van der Waals surface area contributed by atoms with Crippen molar-refractivity contribution in [2.45, 2.75) is 33.7 Å². The van der Waals surface area contributed by atoms with Crippen LogP contribution in [-0.4, -0.2) is 10.4 Å². The molecule has 0 fully saturated rings. The topological polar surface area (TPSA) is 22.0 Å². The van der Waals surface area contributed by atoms with E-state index in [1.807, 2.05) is 19.1 Å². The fraction of sp³-hybridized carbons (Fsp3) is 0.357. The summed E-state index contributed by atoms with van der Waals surface area (Å²) < 4.78 is 2.21. The maximum atomic E-state index is 11.7. The molecule has 16 heavy (non-hydrogen) atoms. The third kappa shape index (κ3) is 1.54. The Morgan fingerprint density at radius 2 is 2.25 bits per heavy atom. The highest BCUT2D eigenvalue weighted by Gasteiger charge is 2.15. The Morgan fingerprint density at radius 3 is 2.88 bits per heavy atom. The van der Waals surface area contributed by atoms with Crippen LogP contribution in [0.1, 0.15) is 36.3 Å². The van der Waals surface area contributed by atoms with Crippen molar-refractivity contribution in [3.05, 3.63) is 35.5 Å². The largest absolute Gasteiger partial charge is 0.344 e. The van der Waals surface area contributed by atoms with Gasteiger partial charge >= 0.3 is 0 Å². The first kappa shape index (κ1) is 10.9. The maximum absolute atomic E-state index is 11.7. The molecule has 1 heterocycles. The third-order valence-corrected chi connectivity index (χ3v) is 2.94. The minimum absolute atomic E-state index is 0.125. The van der Waals surface area contributed by atoms with Crippen LogP contribution < -0.4 is 0 Å². The van der Waals surface area contributed by atoms with Gasteiger partial charge in [0.2, 0.25) is 0 Å². The van der Waals surface area contributed by atoms with Gasteiger partial charge in [-0.3, -0.25) is 4.79 Å². The molecule has 2 aromatic rings. The summed E-state index contributed by atoms with van der Waals surface area (Å²) >= 11 is 0. The number of aryl methyl sites for hydroxylation is 1. The minimum atomic E-state index is 0.125. The zero-order chi connectivity index (χ0) is 11.7. The van der Waals surface area contributed by atoms with Gasteiger partial charge < -0.3 is 4.57 Å². The minimum Gasteiger partial charge on any atom is -0.344 e. The monoisotopic (exact) mass is 214 g/mol. The van der Waals surface area contributed by atoms with Crippen LogP contribution in [-0.2, 0) is 6.54 Å². The van der Waals surface area contributed by atoms with E-state index in [1.165, 1.54) is 0 Å². The van der Waals surface area contributed by atoms with Gasteiger partial charge in [-0.1, -0.05) is 19.1 Å². The number of fused-ring (bicyclic) bond motifs is 1. The summed E-state index contributed by atoms with van der Waals surface area (Å²) in [6.07, 6.45) is 1.07. The SMILES string of the molecule is CCCn1c(C)c(C(C)=O)c2[c]cccc21. The summed E-state index contributed by atoms with van der Waals surface area (Å²) in [6, 6.07) is 9.07. The van der Waals surface area contributed by atoms with Crippen LogP contribution in [0.3, 0.4) is 0 Å². The second-order valence-corrected chi connectivity index (χ2v) is 4.10. The fourth-order valence-electron chi connectivity index (χ4n) is 2.29. The summed E-state index contributed by atoms with van der Waals surface area (Å²) in [7, 11) is 0. The number of ketones is 1. The second kappa shape index (κ2) is 4.12. The summed E-state index contributed by atoms with van der Waals surface area (Å²) in [5, 5.41) is 0.959. The van der Waals surface area contributed by atoms with Gasteiger partial charge in [-0.05, 0) is 32.4 Å². The van der Waals surface area contributed by atoms with Gasteiger partial charge in [0.15, 0.2) is 5.78 Å². The Balaban J connectivity index is 2.80. The summed E-state index contributed by atoms with van der Waals surface area (Å²) in [4.78, 5) is 11.7. The van der Waals surface area contributed by atoms with E-state index in [-0.39, 0.29) is 5.78 Å². The molecule has 0 unspecified atom stereocenters. The number of hydrogen-bond acceptors (Lipinski definition) is 1. The van der Waals surface area contributed by atoms with E-state index in [0.717, 1.165) is 35.1 Å². The molecule has 1 aromatic heterocycles. The zero-order valence-electron chi connectivity index (χ0n) is 10.0. The standard InChI is InChI=1S/C14H16NO/c1-4-9-15-10(2)14(11(3)16)12-7-5-6-8-13(12)15/h5-6,8H,4,9H2,1-3H3. The van der Waals surface area contributed by atoms with Crippen molar-refractivity contribution in [2.24, 2.45) is 0 Å². The Labute approximate surface area is 95.9 Å². The molecule has 0 aliphatic rings. The highest BCUT2D eigenvalue weighted by Crippen LogP contribution is 2.25. The molecule has 2 heteroatoms. The molecule has 0 aliphatic heterocycles. The van der Waals surface area contributed by atoms with Crippen molar-refractivity contribution in [3.63, 3.8) is 0 Å². The van der Waals surface area contributed by atoms with Crippen LogP contribution in [0.5, 0.6) is 0 Å². The van der Waals surface area contributed by atoms with E-state index < -0.39 is 0 Å². The maximum Gasteiger partial charge on any atom is 0.162 e. The highest BCUT2D eigenvalue weighted by molar-refractivity contribution is 6.08. The van der Waals surface area contributed by atoms with E-state index in [4.69, 9.17) is 0 Å². The molecule has 0 saturated heterocycles. The lowest BCUT2D eigenvalue weighted by atomic mass is 10.1. The fourth-order valence-corrected chi connectivity index (χ4v) is 2.29. The summed E-state index contributed by atoms with van der Waals surface area (Å²) in [5.41, 5.74) is 3.00. The lowest BCUT2D eigenvalue weighted by Crippen LogP contribution is -2.01. The molecule has 0 amide bonds. The van der Waals surface area contributed by atoms with Crippen LogP contribution in [0.2, 0.25) is 0 Å². The molecule has 0 aliphatic carbocycles. The van der Waals surface area contributed by atoms with Gasteiger partial charge in [-0.2, -0.15) is 0 Å². The normalized spacial score (nSPS) is 10.9. The molecule has 2 rings (SSSR count). The van der Waals surface area contributed by atoms with Crippen LogP contribution in [0.15, 0.2) is 18.2 Å². The molecule has 0 N–H and O–H groups in total. The third-order valence-electron chi connectivity index (χ3n) is 2.94. The lowest BCUT2D eigenvalue weighted by Gasteiger charge is -2.05. The number of carbonyl (C=O) groups is 1. The highest BCUT2D eigenvalue weighted by atomic mass is 16.1. The average molecular weight is 214 g/mol. The number of rotatable bonds is 3. The summed E-state index contributed by atoms with van der Waals surface area (Å²) in [5.74, 6) is 0.125. The van der Waals surface area contributed by atoms with Gasteiger partial charge in [0.1, 0.15) is 0 Å². The van der Waals surface area contributed by atoms with Crippen molar-refractivity contribution >= 4 is 16.7 Å². The number of benzene rings is 1. The second-order valence-electron chi connectivity index (χ2n) is 4.10. The van der Waals surface area contributed by atoms with E-state index in [0.29, 0.717) is 0 Å². The molecule has 83 valence electrons. The molecule has 0 bridgehead atoms. The number of hydrogen-bond donors (Lipinski definition) is 0. The number of nitrogens with zero attached hydrogens (tertiary/aromatic N) is 1. The van der Waals surface area contributed by atoms with Crippen molar-refractivity contribution in [1.82, 2.24) is 4.57 Å². The predicted octanol–water partition coefficient (Wildman–Crippen LogP) is 3.36. The number of carbonyl (C=O) groups excluding carboxylic acids is 1. The van der Waals surface area contributed by atoms with Crippen molar-refractivity contribution in [2.75, 3.05) is 0 Å². The van der Waals surface area contributed by atoms with E-state index in [2.05, 4.69) is 23.6 Å². The Kier molecular flexibility index (Phi) is 2.82. The van der Waals surface area contributed by atoms with Gasteiger partial charge in [0.05, 0.1) is 0 Å².